The van der Waals surface area contributed by atoms with Crippen LogP contribution < -0.4 is 10.6 Å². The largest absolute Gasteiger partial charge is 0.366 e. The summed E-state index contributed by atoms with van der Waals surface area (Å²) in [4.78, 5) is 12.2. The van der Waals surface area contributed by atoms with Crippen LogP contribution in [0.2, 0.25) is 5.02 Å². The Balaban J connectivity index is 0.00000176. The van der Waals surface area contributed by atoms with Crippen LogP contribution in [-0.4, -0.2) is 38.3 Å². The number of morpholine rings is 1. The van der Waals surface area contributed by atoms with Crippen LogP contribution in [0.4, 0.5) is 0 Å². The quantitative estimate of drug-likeness (QED) is 0.880. The van der Waals surface area contributed by atoms with E-state index in [1.807, 2.05) is 12.1 Å². The van der Waals surface area contributed by atoms with Crippen LogP contribution in [0.5, 0.6) is 0 Å². The molecule has 22 heavy (non-hydrogen) atoms. The molecule has 1 heterocycles. The molecule has 0 bridgehead atoms. The van der Waals surface area contributed by atoms with Gasteiger partial charge in [0.1, 0.15) is 6.10 Å². The van der Waals surface area contributed by atoms with E-state index in [9.17, 15) is 4.79 Å². The van der Waals surface area contributed by atoms with Crippen molar-refractivity contribution in [1.29, 1.82) is 0 Å². The van der Waals surface area contributed by atoms with Crippen molar-refractivity contribution in [2.75, 3.05) is 26.2 Å². The molecule has 1 aromatic rings. The first-order valence-corrected chi connectivity index (χ1v) is 7.94. The number of carbonyl (C=O) groups is 1. The van der Waals surface area contributed by atoms with Crippen LogP contribution in [0.25, 0.3) is 0 Å². The number of benzene rings is 1. The standard InChI is InChI=1S/C16H21ClN2O2.ClH/c17-13-4-2-12(3-5-13)16(6-1-7-16)11-19-15(20)14-10-18-8-9-21-14;/h2-5,14,18H,1,6-11H2,(H,19,20);1H. The molecule has 2 fully saturated rings. The van der Waals surface area contributed by atoms with Gasteiger partial charge >= 0.3 is 0 Å². The average Bonchev–Trinajstić information content (AvgIpc) is 2.48. The van der Waals surface area contributed by atoms with Crippen LogP contribution in [0.1, 0.15) is 24.8 Å². The Kier molecular flexibility index (Phi) is 6.09. The van der Waals surface area contributed by atoms with E-state index in [0.29, 0.717) is 19.7 Å². The van der Waals surface area contributed by atoms with E-state index in [1.54, 1.807) is 0 Å². The second-order valence-corrected chi connectivity index (χ2v) is 6.36. The molecule has 2 aliphatic rings. The minimum absolute atomic E-state index is 0. The van der Waals surface area contributed by atoms with E-state index in [-0.39, 0.29) is 29.8 Å². The van der Waals surface area contributed by atoms with Crippen LogP contribution in [-0.2, 0) is 14.9 Å². The smallest absolute Gasteiger partial charge is 0.250 e. The average molecular weight is 345 g/mol. The highest BCUT2D eigenvalue weighted by Gasteiger charge is 2.39. The van der Waals surface area contributed by atoms with Crippen LogP contribution >= 0.6 is 24.0 Å². The molecule has 122 valence electrons. The van der Waals surface area contributed by atoms with Gasteiger partial charge < -0.3 is 15.4 Å². The SMILES string of the molecule is Cl.O=C(NCC1(c2ccc(Cl)cc2)CCC1)C1CNCCO1. The third-order valence-corrected chi connectivity index (χ3v) is 4.84. The summed E-state index contributed by atoms with van der Waals surface area (Å²) in [6.07, 6.45) is 3.07. The fraction of sp³-hybridized carbons (Fsp3) is 0.562. The number of rotatable bonds is 4. The topological polar surface area (TPSA) is 50.4 Å². The maximum absolute atomic E-state index is 12.2. The van der Waals surface area contributed by atoms with Gasteiger partial charge in [-0.25, -0.2) is 0 Å². The van der Waals surface area contributed by atoms with Crippen molar-refractivity contribution in [3.63, 3.8) is 0 Å². The molecule has 1 saturated heterocycles. The highest BCUT2D eigenvalue weighted by Crippen LogP contribution is 2.43. The number of hydrogen-bond acceptors (Lipinski definition) is 3. The van der Waals surface area contributed by atoms with Gasteiger partial charge in [0.05, 0.1) is 6.61 Å². The lowest BCUT2D eigenvalue weighted by molar-refractivity contribution is -0.134. The lowest BCUT2D eigenvalue weighted by atomic mass is 9.64. The molecule has 2 N–H and O–H groups in total. The fourth-order valence-electron chi connectivity index (χ4n) is 3.08. The molecular weight excluding hydrogens is 323 g/mol. The zero-order valence-electron chi connectivity index (χ0n) is 12.4. The van der Waals surface area contributed by atoms with Gasteiger partial charge in [0, 0.05) is 30.1 Å². The minimum atomic E-state index is -0.360. The fourth-order valence-corrected chi connectivity index (χ4v) is 3.20. The molecule has 1 unspecified atom stereocenters. The molecule has 0 spiro atoms. The van der Waals surface area contributed by atoms with Crippen molar-refractivity contribution in [2.24, 2.45) is 0 Å². The van der Waals surface area contributed by atoms with Crippen LogP contribution in [0.15, 0.2) is 24.3 Å². The number of carbonyl (C=O) groups excluding carboxylic acids is 1. The minimum Gasteiger partial charge on any atom is -0.366 e. The summed E-state index contributed by atoms with van der Waals surface area (Å²) in [6, 6.07) is 8.00. The molecular formula is C16H22Cl2N2O2. The molecule has 1 aliphatic carbocycles. The number of nitrogens with one attached hydrogen (secondary N) is 2. The Hall–Kier alpha value is -0.810. The molecule has 6 heteroatoms. The summed E-state index contributed by atoms with van der Waals surface area (Å²) >= 11 is 5.96. The summed E-state index contributed by atoms with van der Waals surface area (Å²) in [5, 5.41) is 7.00. The van der Waals surface area contributed by atoms with Gasteiger partial charge in [0.2, 0.25) is 5.91 Å². The second-order valence-electron chi connectivity index (χ2n) is 5.92. The zero-order chi connectivity index (χ0) is 14.7. The Morgan fingerprint density at radius 1 is 1.36 bits per heavy atom. The summed E-state index contributed by atoms with van der Waals surface area (Å²) in [7, 11) is 0. The molecule has 1 atom stereocenters. The number of amides is 1. The predicted octanol–water partition coefficient (Wildman–Crippen LogP) is 2.29. The van der Waals surface area contributed by atoms with Crippen molar-refractivity contribution in [1.82, 2.24) is 10.6 Å². The number of ether oxygens (including phenoxy) is 1. The van der Waals surface area contributed by atoms with E-state index in [0.717, 1.165) is 24.4 Å². The molecule has 0 aromatic heterocycles. The normalized spacial score (nSPS) is 23.0. The summed E-state index contributed by atoms with van der Waals surface area (Å²) < 4.78 is 5.49. The first kappa shape index (κ1) is 17.5. The Bertz CT molecular complexity index is 497. The second kappa shape index (κ2) is 7.64. The van der Waals surface area contributed by atoms with Crippen LogP contribution in [0.3, 0.4) is 0 Å². The lowest BCUT2D eigenvalue weighted by Crippen LogP contribution is -2.52. The van der Waals surface area contributed by atoms with Gasteiger partial charge in [-0.2, -0.15) is 0 Å². The Morgan fingerprint density at radius 2 is 2.09 bits per heavy atom. The van der Waals surface area contributed by atoms with E-state index < -0.39 is 0 Å². The van der Waals surface area contributed by atoms with Crippen molar-refractivity contribution >= 4 is 29.9 Å². The van der Waals surface area contributed by atoms with Crippen LogP contribution in [0, 0.1) is 0 Å². The molecule has 1 amide bonds. The van der Waals surface area contributed by atoms with Gasteiger partial charge in [0.15, 0.2) is 0 Å². The van der Waals surface area contributed by atoms with Gasteiger partial charge in [-0.1, -0.05) is 30.2 Å². The number of halogens is 2. The maximum atomic E-state index is 12.2. The van der Waals surface area contributed by atoms with E-state index >= 15 is 0 Å². The molecule has 1 aromatic carbocycles. The first-order chi connectivity index (χ1) is 10.2. The summed E-state index contributed by atoms with van der Waals surface area (Å²) in [5.41, 5.74) is 1.34. The summed E-state index contributed by atoms with van der Waals surface area (Å²) in [6.45, 7) is 2.69. The van der Waals surface area contributed by atoms with E-state index in [1.165, 1.54) is 12.0 Å². The highest BCUT2D eigenvalue weighted by molar-refractivity contribution is 6.30. The highest BCUT2D eigenvalue weighted by atomic mass is 35.5. The Morgan fingerprint density at radius 3 is 2.64 bits per heavy atom. The first-order valence-electron chi connectivity index (χ1n) is 7.56. The molecule has 4 nitrogen and oxygen atoms in total. The number of hydrogen-bond donors (Lipinski definition) is 2. The molecule has 3 rings (SSSR count). The van der Waals surface area contributed by atoms with E-state index in [2.05, 4.69) is 22.8 Å². The third kappa shape index (κ3) is 3.74. The monoisotopic (exact) mass is 344 g/mol. The van der Waals surface area contributed by atoms with Gasteiger partial charge in [-0.3, -0.25) is 4.79 Å². The van der Waals surface area contributed by atoms with Crippen molar-refractivity contribution in [3.05, 3.63) is 34.9 Å². The van der Waals surface area contributed by atoms with Gasteiger partial charge in [-0.05, 0) is 30.5 Å². The lowest BCUT2D eigenvalue weighted by Gasteiger charge is -2.43. The summed E-state index contributed by atoms with van der Waals surface area (Å²) in [5.74, 6) is -0.0116. The molecule has 1 saturated carbocycles. The molecule has 1 aliphatic heterocycles. The zero-order valence-corrected chi connectivity index (χ0v) is 14.0. The predicted molar refractivity (Wildman–Crippen MR) is 89.8 cm³/mol. The Labute approximate surface area is 142 Å². The van der Waals surface area contributed by atoms with Crippen molar-refractivity contribution in [3.8, 4) is 0 Å². The van der Waals surface area contributed by atoms with Crippen molar-refractivity contribution < 1.29 is 9.53 Å². The van der Waals surface area contributed by atoms with Gasteiger partial charge in [-0.15, -0.1) is 12.4 Å². The third-order valence-electron chi connectivity index (χ3n) is 4.59. The maximum Gasteiger partial charge on any atom is 0.250 e. The van der Waals surface area contributed by atoms with Crippen molar-refractivity contribution in [2.45, 2.75) is 30.8 Å². The van der Waals surface area contributed by atoms with E-state index in [4.69, 9.17) is 16.3 Å². The van der Waals surface area contributed by atoms with Gasteiger partial charge in [0.25, 0.3) is 0 Å². The molecule has 0 radical (unpaired) electrons.